The second-order valence-electron chi connectivity index (χ2n) is 5.80. The number of benzene rings is 2. The first-order valence-corrected chi connectivity index (χ1v) is 8.59. The van der Waals surface area contributed by atoms with Gasteiger partial charge in [0, 0.05) is 23.3 Å². The monoisotopic (exact) mass is 371 g/mol. The third-order valence-corrected chi connectivity index (χ3v) is 3.74. The van der Waals surface area contributed by atoms with Crippen LogP contribution in [0.3, 0.4) is 0 Å². The van der Waals surface area contributed by atoms with Crippen LogP contribution in [0.25, 0.3) is 0 Å². The quantitative estimate of drug-likeness (QED) is 0.420. The number of hydrogen-bond acceptors (Lipinski definition) is 5. The lowest BCUT2D eigenvalue weighted by Crippen LogP contribution is -2.41. The minimum Gasteiger partial charge on any atom is -0.494 e. The molecular formula is C19H21N3O5. The van der Waals surface area contributed by atoms with Gasteiger partial charge in [-0.25, -0.2) is 0 Å². The molecule has 0 radical (unpaired) electrons. The maximum Gasteiger partial charge on any atom is 0.270 e. The Morgan fingerprint density at radius 2 is 1.67 bits per heavy atom. The van der Waals surface area contributed by atoms with Crippen molar-refractivity contribution in [2.75, 3.05) is 6.61 Å². The molecule has 142 valence electrons. The normalized spacial score (nSPS) is 10.1. The molecule has 2 aromatic rings. The van der Waals surface area contributed by atoms with Gasteiger partial charge in [0.05, 0.1) is 11.5 Å². The van der Waals surface area contributed by atoms with E-state index in [0.29, 0.717) is 17.9 Å². The number of hydrogen-bond donors (Lipinski definition) is 2. The summed E-state index contributed by atoms with van der Waals surface area (Å²) >= 11 is 0. The Morgan fingerprint density at radius 1 is 1.00 bits per heavy atom. The first kappa shape index (κ1) is 19.9. The zero-order valence-electron chi connectivity index (χ0n) is 14.9. The first-order valence-electron chi connectivity index (χ1n) is 8.59. The zero-order valence-corrected chi connectivity index (χ0v) is 14.9. The molecule has 0 aromatic heterocycles. The SMILES string of the molecule is CCCCCOc1ccc(C(=O)NNC(=O)c2cccc([N+](=O)[O-])c2)cc1. The number of rotatable bonds is 8. The number of hydrazine groups is 1. The number of non-ortho nitro benzene ring substituents is 1. The number of nitro benzene ring substituents is 1. The smallest absolute Gasteiger partial charge is 0.270 e. The van der Waals surface area contributed by atoms with Gasteiger partial charge in [0.1, 0.15) is 5.75 Å². The van der Waals surface area contributed by atoms with Crippen LogP contribution in [0.15, 0.2) is 48.5 Å². The van der Waals surface area contributed by atoms with Crippen LogP contribution in [-0.4, -0.2) is 23.3 Å². The van der Waals surface area contributed by atoms with E-state index in [1.54, 1.807) is 24.3 Å². The van der Waals surface area contributed by atoms with Crippen molar-refractivity contribution >= 4 is 17.5 Å². The third-order valence-electron chi connectivity index (χ3n) is 3.74. The maximum absolute atomic E-state index is 12.1. The summed E-state index contributed by atoms with van der Waals surface area (Å²) in [6.45, 7) is 2.74. The zero-order chi connectivity index (χ0) is 19.6. The Kier molecular flexibility index (Phi) is 7.30. The predicted molar refractivity (Wildman–Crippen MR) is 99.5 cm³/mol. The number of carbonyl (C=O) groups excluding carboxylic acids is 2. The van der Waals surface area contributed by atoms with Crippen molar-refractivity contribution in [1.82, 2.24) is 10.9 Å². The second-order valence-corrected chi connectivity index (χ2v) is 5.80. The van der Waals surface area contributed by atoms with Gasteiger partial charge < -0.3 is 4.74 Å². The topological polar surface area (TPSA) is 111 Å². The highest BCUT2D eigenvalue weighted by Gasteiger charge is 2.13. The Hall–Kier alpha value is -3.42. The number of nitro groups is 1. The summed E-state index contributed by atoms with van der Waals surface area (Å²) < 4.78 is 5.57. The van der Waals surface area contributed by atoms with Gasteiger partial charge in [0.15, 0.2) is 0 Å². The molecule has 0 heterocycles. The van der Waals surface area contributed by atoms with E-state index in [1.807, 2.05) is 0 Å². The average Bonchev–Trinajstić information content (AvgIpc) is 2.69. The van der Waals surface area contributed by atoms with E-state index < -0.39 is 16.7 Å². The molecular weight excluding hydrogens is 350 g/mol. The van der Waals surface area contributed by atoms with Gasteiger partial charge in [-0.05, 0) is 36.8 Å². The first-order chi connectivity index (χ1) is 13.0. The van der Waals surface area contributed by atoms with Crippen LogP contribution in [-0.2, 0) is 0 Å². The van der Waals surface area contributed by atoms with Crippen LogP contribution in [0.1, 0.15) is 46.9 Å². The van der Waals surface area contributed by atoms with E-state index in [9.17, 15) is 19.7 Å². The van der Waals surface area contributed by atoms with Crippen molar-refractivity contribution < 1.29 is 19.2 Å². The highest BCUT2D eigenvalue weighted by atomic mass is 16.6. The molecule has 8 heteroatoms. The number of unbranched alkanes of at least 4 members (excludes halogenated alkanes) is 2. The molecule has 2 aromatic carbocycles. The highest BCUT2D eigenvalue weighted by molar-refractivity contribution is 5.99. The predicted octanol–water partition coefficient (Wildman–Crippen LogP) is 3.24. The Morgan fingerprint density at radius 3 is 2.30 bits per heavy atom. The van der Waals surface area contributed by atoms with Gasteiger partial charge >= 0.3 is 0 Å². The van der Waals surface area contributed by atoms with Crippen LogP contribution < -0.4 is 15.6 Å². The molecule has 0 fully saturated rings. The molecule has 0 spiro atoms. The summed E-state index contributed by atoms with van der Waals surface area (Å²) in [7, 11) is 0. The van der Waals surface area contributed by atoms with Crippen molar-refractivity contribution in [1.29, 1.82) is 0 Å². The fraction of sp³-hybridized carbons (Fsp3) is 0.263. The van der Waals surface area contributed by atoms with Crippen molar-refractivity contribution in [2.45, 2.75) is 26.2 Å². The van der Waals surface area contributed by atoms with Crippen LogP contribution in [0, 0.1) is 10.1 Å². The fourth-order valence-electron chi connectivity index (χ4n) is 2.26. The van der Waals surface area contributed by atoms with Gasteiger partial charge in [0.25, 0.3) is 17.5 Å². The fourth-order valence-corrected chi connectivity index (χ4v) is 2.26. The summed E-state index contributed by atoms with van der Waals surface area (Å²) in [6.07, 6.45) is 3.19. The lowest BCUT2D eigenvalue weighted by Gasteiger charge is -2.09. The van der Waals surface area contributed by atoms with Crippen molar-refractivity contribution in [3.63, 3.8) is 0 Å². The van der Waals surface area contributed by atoms with Gasteiger partial charge in [-0.2, -0.15) is 0 Å². The highest BCUT2D eigenvalue weighted by Crippen LogP contribution is 2.14. The molecule has 0 saturated heterocycles. The molecule has 0 aliphatic carbocycles. The lowest BCUT2D eigenvalue weighted by molar-refractivity contribution is -0.384. The Balaban J connectivity index is 1.87. The van der Waals surface area contributed by atoms with Crippen LogP contribution in [0.5, 0.6) is 5.75 Å². The molecule has 27 heavy (non-hydrogen) atoms. The molecule has 8 nitrogen and oxygen atoms in total. The second kappa shape index (κ2) is 9.91. The Bertz CT molecular complexity index is 805. The minimum absolute atomic E-state index is 0.0697. The van der Waals surface area contributed by atoms with Crippen molar-refractivity contribution in [3.05, 3.63) is 69.8 Å². The van der Waals surface area contributed by atoms with Gasteiger partial charge in [-0.3, -0.25) is 30.6 Å². The molecule has 0 saturated carbocycles. The number of nitrogens with one attached hydrogen (secondary N) is 2. The molecule has 0 atom stereocenters. The number of nitrogens with zero attached hydrogens (tertiary/aromatic N) is 1. The maximum atomic E-state index is 12.1. The molecule has 0 bridgehead atoms. The van der Waals surface area contributed by atoms with E-state index >= 15 is 0 Å². The van der Waals surface area contributed by atoms with Gasteiger partial charge in [-0.15, -0.1) is 0 Å². The number of ether oxygens (including phenoxy) is 1. The molecule has 0 aliphatic heterocycles. The standard InChI is InChI=1S/C19H21N3O5/c1-2-3-4-12-27-17-10-8-14(9-11-17)18(23)20-21-19(24)15-6-5-7-16(13-15)22(25)26/h5-11,13H,2-4,12H2,1H3,(H,20,23)(H,21,24). The number of amides is 2. The summed E-state index contributed by atoms with van der Waals surface area (Å²) in [5.41, 5.74) is 4.72. The van der Waals surface area contributed by atoms with E-state index in [2.05, 4.69) is 17.8 Å². The van der Waals surface area contributed by atoms with E-state index in [4.69, 9.17) is 4.74 Å². The van der Waals surface area contributed by atoms with Crippen molar-refractivity contribution in [3.8, 4) is 5.75 Å². The molecule has 0 unspecified atom stereocenters. The van der Waals surface area contributed by atoms with Crippen molar-refractivity contribution in [2.24, 2.45) is 0 Å². The van der Waals surface area contributed by atoms with E-state index in [-0.39, 0.29) is 11.3 Å². The summed E-state index contributed by atoms with van der Waals surface area (Å²) in [5, 5.41) is 10.7. The minimum atomic E-state index is -0.650. The van der Waals surface area contributed by atoms with Gasteiger partial charge in [-0.1, -0.05) is 25.8 Å². The number of carbonyl (C=O) groups is 2. The third kappa shape index (κ3) is 6.10. The van der Waals surface area contributed by atoms with Crippen LogP contribution >= 0.6 is 0 Å². The molecule has 2 rings (SSSR count). The summed E-state index contributed by atoms with van der Waals surface area (Å²) in [5.74, 6) is -0.488. The van der Waals surface area contributed by atoms with Crippen LogP contribution in [0.2, 0.25) is 0 Å². The molecule has 0 aliphatic rings. The summed E-state index contributed by atoms with van der Waals surface area (Å²) in [6, 6.07) is 11.8. The Labute approximate surface area is 156 Å². The molecule has 2 amide bonds. The van der Waals surface area contributed by atoms with Crippen LogP contribution in [0.4, 0.5) is 5.69 Å². The average molecular weight is 371 g/mol. The molecule has 2 N–H and O–H groups in total. The van der Waals surface area contributed by atoms with E-state index in [0.717, 1.165) is 25.3 Å². The lowest BCUT2D eigenvalue weighted by atomic mass is 10.2. The van der Waals surface area contributed by atoms with E-state index in [1.165, 1.54) is 18.2 Å². The summed E-state index contributed by atoms with van der Waals surface area (Å²) in [4.78, 5) is 34.3. The largest absolute Gasteiger partial charge is 0.494 e. The van der Waals surface area contributed by atoms with Gasteiger partial charge in [0.2, 0.25) is 0 Å².